The fourth-order valence-electron chi connectivity index (χ4n) is 2.39. The Hall–Kier alpha value is -0.0200. The second-order valence-electron chi connectivity index (χ2n) is 4.74. The normalized spacial score (nSPS) is 25.4. The third kappa shape index (κ3) is 3.24. The van der Waals surface area contributed by atoms with Gasteiger partial charge in [-0.15, -0.1) is 0 Å². The average molecular weight is 347 g/mol. The highest BCUT2D eigenvalue weighted by Crippen LogP contribution is 2.31. The maximum absolute atomic E-state index is 3.64. The summed E-state index contributed by atoms with van der Waals surface area (Å²) in [5, 5.41) is 3.64. The molecule has 0 heterocycles. The van der Waals surface area contributed by atoms with Crippen LogP contribution < -0.4 is 5.32 Å². The van der Waals surface area contributed by atoms with Crippen LogP contribution in [0.1, 0.15) is 32.6 Å². The van der Waals surface area contributed by atoms with E-state index in [1.54, 1.807) is 0 Å². The first-order valence-corrected chi connectivity index (χ1v) is 7.45. The van der Waals surface area contributed by atoms with Crippen LogP contribution in [0.3, 0.4) is 0 Å². The molecule has 0 aromatic heterocycles. The first kappa shape index (κ1) is 12.4. The highest BCUT2D eigenvalue weighted by molar-refractivity contribution is 9.11. The van der Waals surface area contributed by atoms with Crippen molar-refractivity contribution in [1.29, 1.82) is 0 Å². The molecule has 1 N–H and O–H groups in total. The molecule has 0 bridgehead atoms. The van der Waals surface area contributed by atoms with E-state index in [0.717, 1.165) is 14.9 Å². The molecule has 0 saturated heterocycles. The predicted octanol–water partition coefficient (Wildman–Crippen LogP) is 5.20. The minimum Gasteiger partial charge on any atom is -0.381 e. The van der Waals surface area contributed by atoms with Crippen molar-refractivity contribution >= 4 is 37.5 Å². The Labute approximate surface area is 114 Å². The number of hydrogen-bond donors (Lipinski definition) is 1. The Kier molecular flexibility index (Phi) is 4.31. The molecule has 3 heteroatoms. The monoisotopic (exact) mass is 345 g/mol. The van der Waals surface area contributed by atoms with Crippen molar-refractivity contribution in [3.05, 3.63) is 27.1 Å². The summed E-state index contributed by atoms with van der Waals surface area (Å²) in [5.41, 5.74) is 1.20. The van der Waals surface area contributed by atoms with Crippen LogP contribution in [0.15, 0.2) is 27.1 Å². The van der Waals surface area contributed by atoms with Gasteiger partial charge in [-0.1, -0.05) is 35.7 Å². The summed E-state index contributed by atoms with van der Waals surface area (Å²) in [4.78, 5) is 0. The van der Waals surface area contributed by atoms with E-state index < -0.39 is 0 Å². The molecule has 0 spiro atoms. The van der Waals surface area contributed by atoms with Gasteiger partial charge in [0.1, 0.15) is 0 Å². The third-order valence-electron chi connectivity index (χ3n) is 3.22. The lowest BCUT2D eigenvalue weighted by Crippen LogP contribution is -2.26. The van der Waals surface area contributed by atoms with Crippen LogP contribution in [0.4, 0.5) is 5.69 Å². The summed E-state index contributed by atoms with van der Waals surface area (Å²) in [5.74, 6) is 0.858. The number of halogens is 2. The summed E-state index contributed by atoms with van der Waals surface area (Å²) >= 11 is 7.10. The standard InChI is InChI=1S/C13H17Br2N/c1-9-3-2-4-11(7-9)16-13-8-10(14)5-6-12(13)15/h5-6,8-9,11,16H,2-4,7H2,1H3. The fourth-order valence-corrected chi connectivity index (χ4v) is 3.12. The molecular formula is C13H17Br2N. The van der Waals surface area contributed by atoms with Gasteiger partial charge in [-0.3, -0.25) is 0 Å². The molecule has 1 aromatic carbocycles. The fraction of sp³-hybridized carbons (Fsp3) is 0.538. The van der Waals surface area contributed by atoms with Gasteiger partial charge in [-0.25, -0.2) is 0 Å². The smallest absolute Gasteiger partial charge is 0.0498 e. The Morgan fingerprint density at radius 1 is 1.25 bits per heavy atom. The Morgan fingerprint density at radius 3 is 2.81 bits per heavy atom. The van der Waals surface area contributed by atoms with Crippen molar-refractivity contribution in [3.63, 3.8) is 0 Å². The molecule has 1 saturated carbocycles. The molecule has 16 heavy (non-hydrogen) atoms. The molecule has 0 amide bonds. The third-order valence-corrected chi connectivity index (χ3v) is 4.41. The van der Waals surface area contributed by atoms with Gasteiger partial charge < -0.3 is 5.32 Å². The summed E-state index contributed by atoms with van der Waals surface area (Å²) in [6, 6.07) is 6.91. The maximum Gasteiger partial charge on any atom is 0.0498 e. The molecule has 1 aromatic rings. The SMILES string of the molecule is CC1CCCC(Nc2cc(Br)ccc2Br)C1. The lowest BCUT2D eigenvalue weighted by Gasteiger charge is -2.28. The van der Waals surface area contributed by atoms with Gasteiger partial charge in [0.15, 0.2) is 0 Å². The van der Waals surface area contributed by atoms with Gasteiger partial charge in [-0.05, 0) is 52.9 Å². The van der Waals surface area contributed by atoms with Gasteiger partial charge >= 0.3 is 0 Å². The van der Waals surface area contributed by atoms with Crippen LogP contribution in [0.2, 0.25) is 0 Å². The van der Waals surface area contributed by atoms with Crippen LogP contribution >= 0.6 is 31.9 Å². The first-order valence-electron chi connectivity index (χ1n) is 5.87. The van der Waals surface area contributed by atoms with Crippen LogP contribution in [0.5, 0.6) is 0 Å². The van der Waals surface area contributed by atoms with E-state index in [0.29, 0.717) is 6.04 Å². The zero-order chi connectivity index (χ0) is 11.5. The maximum atomic E-state index is 3.64. The highest BCUT2D eigenvalue weighted by atomic mass is 79.9. The van der Waals surface area contributed by atoms with E-state index in [4.69, 9.17) is 0 Å². The van der Waals surface area contributed by atoms with Crippen molar-refractivity contribution in [2.45, 2.75) is 38.6 Å². The Bertz CT molecular complexity index is 365. The van der Waals surface area contributed by atoms with E-state index in [9.17, 15) is 0 Å². The molecule has 2 rings (SSSR count). The average Bonchev–Trinajstić information content (AvgIpc) is 2.24. The van der Waals surface area contributed by atoms with Crippen LogP contribution in [-0.4, -0.2) is 6.04 Å². The van der Waals surface area contributed by atoms with Gasteiger partial charge in [0.05, 0.1) is 0 Å². The second kappa shape index (κ2) is 5.54. The first-order chi connectivity index (χ1) is 7.65. The Balaban J connectivity index is 2.05. The van der Waals surface area contributed by atoms with E-state index in [1.165, 1.54) is 31.4 Å². The topological polar surface area (TPSA) is 12.0 Å². The molecule has 1 aliphatic carbocycles. The van der Waals surface area contributed by atoms with Crippen molar-refractivity contribution in [2.24, 2.45) is 5.92 Å². The van der Waals surface area contributed by atoms with Gasteiger partial charge in [0.2, 0.25) is 0 Å². The highest BCUT2D eigenvalue weighted by Gasteiger charge is 2.19. The molecule has 0 aliphatic heterocycles. The predicted molar refractivity (Wildman–Crippen MR) is 76.9 cm³/mol. The molecule has 1 aliphatic rings. The second-order valence-corrected chi connectivity index (χ2v) is 6.51. The number of rotatable bonds is 2. The molecule has 2 atom stereocenters. The van der Waals surface area contributed by atoms with E-state index in [2.05, 4.69) is 62.3 Å². The number of hydrogen-bond acceptors (Lipinski definition) is 1. The molecule has 2 unspecified atom stereocenters. The van der Waals surface area contributed by atoms with Crippen molar-refractivity contribution in [1.82, 2.24) is 0 Å². The van der Waals surface area contributed by atoms with E-state index in [1.807, 2.05) is 0 Å². The zero-order valence-corrected chi connectivity index (χ0v) is 12.6. The van der Waals surface area contributed by atoms with Crippen LogP contribution in [0.25, 0.3) is 0 Å². The Morgan fingerprint density at radius 2 is 2.06 bits per heavy atom. The number of anilines is 1. The number of nitrogens with one attached hydrogen (secondary N) is 1. The summed E-state index contributed by atoms with van der Waals surface area (Å²) in [7, 11) is 0. The summed E-state index contributed by atoms with van der Waals surface area (Å²) in [6.45, 7) is 2.35. The minimum atomic E-state index is 0.634. The molecule has 1 nitrogen and oxygen atoms in total. The molecular weight excluding hydrogens is 330 g/mol. The van der Waals surface area contributed by atoms with Crippen molar-refractivity contribution in [2.75, 3.05) is 5.32 Å². The van der Waals surface area contributed by atoms with Crippen molar-refractivity contribution < 1.29 is 0 Å². The molecule has 88 valence electrons. The largest absolute Gasteiger partial charge is 0.381 e. The molecule has 0 radical (unpaired) electrons. The van der Waals surface area contributed by atoms with Gasteiger partial charge in [0.25, 0.3) is 0 Å². The van der Waals surface area contributed by atoms with Crippen LogP contribution in [0, 0.1) is 5.92 Å². The quantitative estimate of drug-likeness (QED) is 0.775. The lowest BCUT2D eigenvalue weighted by molar-refractivity contribution is 0.358. The van der Waals surface area contributed by atoms with E-state index in [-0.39, 0.29) is 0 Å². The lowest BCUT2D eigenvalue weighted by atomic mass is 9.87. The zero-order valence-electron chi connectivity index (χ0n) is 9.47. The van der Waals surface area contributed by atoms with E-state index >= 15 is 0 Å². The summed E-state index contributed by atoms with van der Waals surface area (Å²) < 4.78 is 2.27. The summed E-state index contributed by atoms with van der Waals surface area (Å²) in [6.07, 6.45) is 5.32. The van der Waals surface area contributed by atoms with Crippen molar-refractivity contribution in [3.8, 4) is 0 Å². The van der Waals surface area contributed by atoms with Crippen LogP contribution in [-0.2, 0) is 0 Å². The minimum absolute atomic E-state index is 0.634. The molecule has 1 fully saturated rings. The van der Waals surface area contributed by atoms with Gasteiger partial charge in [0, 0.05) is 20.7 Å². The number of benzene rings is 1. The van der Waals surface area contributed by atoms with Gasteiger partial charge in [-0.2, -0.15) is 0 Å².